The molecule has 0 aliphatic heterocycles. The molecule has 0 spiro atoms. The summed E-state index contributed by atoms with van der Waals surface area (Å²) < 4.78 is 16.4. The van der Waals surface area contributed by atoms with Crippen LogP contribution < -0.4 is 0 Å². The quantitative estimate of drug-likeness (QED) is 0.407. The molecule has 5 heteroatoms. The Morgan fingerprint density at radius 2 is 1.20 bits per heavy atom. The summed E-state index contributed by atoms with van der Waals surface area (Å²) >= 11 is 1.81. The van der Waals surface area contributed by atoms with E-state index in [1.54, 1.807) is 0 Å². The van der Waals surface area contributed by atoms with Crippen molar-refractivity contribution in [1.29, 1.82) is 0 Å². The van der Waals surface area contributed by atoms with Gasteiger partial charge >= 0.3 is 63.6 Å². The first-order valence-electron chi connectivity index (χ1n) is 0.387. The molecule has 5 heavy (non-hydrogen) atoms. The summed E-state index contributed by atoms with van der Waals surface area (Å²) in [5.74, 6) is 0. The van der Waals surface area contributed by atoms with Gasteiger partial charge in [0.15, 0.2) is 0 Å². The summed E-state index contributed by atoms with van der Waals surface area (Å²) in [5.41, 5.74) is 0. The number of hydrogen-bond acceptors (Lipinski definition) is 2. The van der Waals surface area contributed by atoms with E-state index in [9.17, 15) is 0 Å². The van der Waals surface area contributed by atoms with Crippen molar-refractivity contribution in [2.45, 2.75) is 0 Å². The number of hydrogen-bond donors (Lipinski definition) is 0. The van der Waals surface area contributed by atoms with Crippen LogP contribution in [0.15, 0.2) is 0 Å². The zero-order valence-electron chi connectivity index (χ0n) is 1.76. The van der Waals surface area contributed by atoms with Crippen LogP contribution in [-0.4, -0.2) is 18.9 Å². The van der Waals surface area contributed by atoms with Gasteiger partial charge < -0.3 is 0 Å². The van der Waals surface area contributed by atoms with Crippen molar-refractivity contribution in [1.82, 2.24) is 0 Å². The molecule has 0 bridgehead atoms. The molecule has 0 atom stereocenters. The van der Waals surface area contributed by atoms with Crippen LogP contribution in [0.3, 0.4) is 0 Å². The fourth-order valence-corrected chi connectivity index (χ4v) is 0. The van der Waals surface area contributed by atoms with Gasteiger partial charge in [-0.25, -0.2) is 0 Å². The van der Waals surface area contributed by atoms with E-state index in [-0.39, 0.29) is 18.9 Å². The van der Waals surface area contributed by atoms with Crippen molar-refractivity contribution in [2.24, 2.45) is 0 Å². The topological polar surface area (TPSA) is 34.1 Å². The predicted molar refractivity (Wildman–Crippen MR) is 8.52 cm³/mol. The Labute approximate surface area is 63.2 Å². The van der Waals surface area contributed by atoms with Crippen molar-refractivity contribution in [2.75, 3.05) is 0 Å². The molecular weight excluding hydrogens is 138 g/mol. The van der Waals surface area contributed by atoms with E-state index in [1.807, 2.05) is 0 Å². The minimum absolute atomic E-state index is 0. The summed E-state index contributed by atoms with van der Waals surface area (Å²) in [6.45, 7) is 0. The van der Waals surface area contributed by atoms with Gasteiger partial charge in [0.05, 0.1) is 0 Å². The van der Waals surface area contributed by atoms with Gasteiger partial charge in [-0.1, -0.05) is 0 Å². The van der Waals surface area contributed by atoms with Crippen LogP contribution in [0.2, 0.25) is 0 Å². The molecule has 0 aliphatic rings. The molecule has 0 rings (SSSR count). The first kappa shape index (κ1) is 16.1. The Morgan fingerprint density at radius 3 is 1.20 bits per heavy atom. The van der Waals surface area contributed by atoms with Crippen molar-refractivity contribution < 1.29 is 44.8 Å². The van der Waals surface area contributed by atoms with E-state index in [0.717, 1.165) is 37.8 Å². The third-order valence-corrected chi connectivity index (χ3v) is 0. The third-order valence-electron chi connectivity index (χ3n) is 0. The molecular formula is HLiO2TiV. The molecule has 0 aromatic rings. The molecule has 0 aromatic heterocycles. The first-order chi connectivity index (χ1) is 2.00. The van der Waals surface area contributed by atoms with Gasteiger partial charge in [0.25, 0.3) is 0 Å². The van der Waals surface area contributed by atoms with Gasteiger partial charge in [-0.3, -0.25) is 0 Å². The normalized spacial score (nSPS) is 1.20. The van der Waals surface area contributed by atoms with Crippen LogP contribution in [0.5, 0.6) is 0 Å². The second-order valence-electron chi connectivity index (χ2n) is 0. The van der Waals surface area contributed by atoms with Crippen LogP contribution >= 0.6 is 0 Å². The maximum absolute atomic E-state index is 8.25. The first-order valence-corrected chi connectivity index (χ1v) is 1.59. The number of rotatable bonds is 0. The van der Waals surface area contributed by atoms with Crippen LogP contribution in [0.25, 0.3) is 0 Å². The molecule has 0 unspecified atom stereocenters. The molecule has 0 aromatic carbocycles. The van der Waals surface area contributed by atoms with E-state index in [0.29, 0.717) is 0 Å². The van der Waals surface area contributed by atoms with Crippen LogP contribution in [0.4, 0.5) is 0 Å². The second-order valence-corrected chi connectivity index (χ2v) is 0. The van der Waals surface area contributed by atoms with Gasteiger partial charge in [0.1, 0.15) is 0 Å². The van der Waals surface area contributed by atoms with Crippen molar-refractivity contribution in [3.63, 3.8) is 0 Å². The standard InChI is InChI=1S/Li.2O.Ti.V.H. The summed E-state index contributed by atoms with van der Waals surface area (Å²) in [5, 5.41) is 0. The van der Waals surface area contributed by atoms with Crippen molar-refractivity contribution in [3.05, 3.63) is 0 Å². The van der Waals surface area contributed by atoms with E-state index in [1.165, 1.54) is 0 Å². The molecule has 2 nitrogen and oxygen atoms in total. The molecule has 23 valence electrons. The fraction of sp³-hybridized carbons (Fsp3) is 0. The summed E-state index contributed by atoms with van der Waals surface area (Å²) in [6.07, 6.45) is 0. The average molecular weight is 139 g/mol. The average Bonchev–Trinajstić information content (AvgIpc) is 1.50. The molecule has 0 aliphatic carbocycles. The van der Waals surface area contributed by atoms with Gasteiger partial charge in [0, 0.05) is 0 Å². The van der Waals surface area contributed by atoms with E-state index in [2.05, 4.69) is 0 Å². The molecule has 0 fully saturated rings. The zero-order valence-corrected chi connectivity index (χ0v) is 4.72. The maximum atomic E-state index is 8.25. The van der Waals surface area contributed by atoms with Crippen LogP contribution in [0, 0.1) is 0 Å². The molecule has 0 saturated heterocycles. The Hall–Kier alpha value is 1.50. The van der Waals surface area contributed by atoms with Gasteiger partial charge in [0.2, 0.25) is 0 Å². The van der Waals surface area contributed by atoms with Crippen molar-refractivity contribution in [3.8, 4) is 0 Å². The van der Waals surface area contributed by atoms with Crippen molar-refractivity contribution >= 4 is 18.9 Å². The van der Waals surface area contributed by atoms with Crippen LogP contribution in [0.1, 0.15) is 0 Å². The monoisotopic (exact) mass is 139 g/mol. The predicted octanol–water partition coefficient (Wildman–Crippen LogP) is -0.891. The summed E-state index contributed by atoms with van der Waals surface area (Å²) in [4.78, 5) is 0. The summed E-state index contributed by atoms with van der Waals surface area (Å²) in [6, 6.07) is 0. The van der Waals surface area contributed by atoms with Gasteiger partial charge in [-0.2, -0.15) is 0 Å². The Bertz CT molecular complexity index is 11.6. The van der Waals surface area contributed by atoms with Crippen LogP contribution in [-0.2, 0) is 44.8 Å². The Balaban J connectivity index is -0.0000000133. The zero-order chi connectivity index (χ0) is 4.00. The van der Waals surface area contributed by atoms with E-state index >= 15 is 0 Å². The minimum atomic E-state index is 0. The molecule has 0 radical (unpaired) electrons. The Kier molecular flexibility index (Phi) is 159. The molecule has 0 heterocycles. The van der Waals surface area contributed by atoms with E-state index < -0.39 is 0 Å². The van der Waals surface area contributed by atoms with Gasteiger partial charge in [-0.05, 0) is 0 Å². The molecule has 0 amide bonds. The third kappa shape index (κ3) is 30.0. The SMILES string of the molecule is [LiH].[O]=[Ti].[O]=[V]. The fourth-order valence-electron chi connectivity index (χ4n) is 0. The Morgan fingerprint density at radius 1 is 1.20 bits per heavy atom. The summed E-state index contributed by atoms with van der Waals surface area (Å²) in [7, 11) is 0. The molecule has 0 N–H and O–H groups in total. The molecule has 0 saturated carbocycles. The van der Waals surface area contributed by atoms with Gasteiger partial charge in [-0.15, -0.1) is 0 Å². The second kappa shape index (κ2) is 49.6. The van der Waals surface area contributed by atoms with E-state index in [4.69, 9.17) is 7.00 Å².